The maximum Gasteiger partial charge on any atom is 0.416 e. The van der Waals surface area contributed by atoms with Crippen LogP contribution in [-0.2, 0) is 11.0 Å². The molecule has 10 heteroatoms. The van der Waals surface area contributed by atoms with Gasteiger partial charge in [-0.05, 0) is 47.7 Å². The molecule has 0 unspecified atom stereocenters. The SMILES string of the molecule is O=C1NC(=O)/C(=C2\CCOc3cc(Oc4ccc(C(F)(F)F)cc4Cl)ccc32)S1. The number of imide groups is 1. The van der Waals surface area contributed by atoms with Crippen molar-refractivity contribution in [2.24, 2.45) is 0 Å². The summed E-state index contributed by atoms with van der Waals surface area (Å²) in [6, 6.07) is 7.63. The van der Waals surface area contributed by atoms with Crippen LogP contribution in [0.3, 0.4) is 0 Å². The fourth-order valence-corrected chi connectivity index (χ4v) is 4.00. The second-order valence-electron chi connectivity index (χ2n) is 6.15. The van der Waals surface area contributed by atoms with Crippen molar-refractivity contribution in [3.63, 3.8) is 0 Å². The Morgan fingerprint density at radius 3 is 2.59 bits per heavy atom. The summed E-state index contributed by atoms with van der Waals surface area (Å²) in [5, 5.41) is 1.62. The van der Waals surface area contributed by atoms with Crippen molar-refractivity contribution < 1.29 is 32.2 Å². The topological polar surface area (TPSA) is 64.6 Å². The van der Waals surface area contributed by atoms with E-state index >= 15 is 0 Å². The molecule has 2 aromatic carbocycles. The smallest absolute Gasteiger partial charge is 0.416 e. The van der Waals surface area contributed by atoms with E-state index in [0.717, 1.165) is 30.0 Å². The molecule has 1 fully saturated rings. The van der Waals surface area contributed by atoms with Crippen LogP contribution in [0.15, 0.2) is 41.3 Å². The van der Waals surface area contributed by atoms with Crippen LogP contribution in [0.4, 0.5) is 18.0 Å². The number of nitrogens with one attached hydrogen (secondary N) is 1. The minimum Gasteiger partial charge on any atom is -0.492 e. The summed E-state index contributed by atoms with van der Waals surface area (Å²) in [6.45, 7) is 0.304. The standard InChI is InChI=1S/C19H11ClF3NO4S/c20-13-7-9(19(21,22)23)1-4-14(13)28-10-2-3-11-12(5-6-27-15(11)8-10)16-17(25)24-18(26)29-16/h1-4,7-8H,5-6H2,(H,24,25,26)/b16-12-. The summed E-state index contributed by atoms with van der Waals surface area (Å²) >= 11 is 6.76. The molecular weight excluding hydrogens is 431 g/mol. The zero-order valence-electron chi connectivity index (χ0n) is 14.4. The molecule has 2 amide bonds. The van der Waals surface area contributed by atoms with Crippen molar-refractivity contribution in [1.29, 1.82) is 0 Å². The van der Waals surface area contributed by atoms with E-state index in [1.54, 1.807) is 18.2 Å². The zero-order chi connectivity index (χ0) is 20.8. The van der Waals surface area contributed by atoms with Crippen molar-refractivity contribution in [3.8, 4) is 17.2 Å². The first-order valence-electron chi connectivity index (χ1n) is 8.30. The normalized spacial score (nSPS) is 18.9. The summed E-state index contributed by atoms with van der Waals surface area (Å²) < 4.78 is 49.5. The molecule has 0 saturated carbocycles. The molecule has 2 aliphatic heterocycles. The van der Waals surface area contributed by atoms with E-state index in [1.807, 2.05) is 0 Å². The molecule has 0 spiro atoms. The van der Waals surface area contributed by atoms with Crippen LogP contribution in [0.5, 0.6) is 17.2 Å². The molecule has 1 saturated heterocycles. The van der Waals surface area contributed by atoms with Gasteiger partial charge in [0.05, 0.1) is 22.1 Å². The van der Waals surface area contributed by atoms with Crippen molar-refractivity contribution in [2.75, 3.05) is 6.61 Å². The number of fused-ring (bicyclic) bond motifs is 1. The fourth-order valence-electron chi connectivity index (χ4n) is 2.97. The highest BCUT2D eigenvalue weighted by molar-refractivity contribution is 8.18. The molecule has 2 aromatic rings. The van der Waals surface area contributed by atoms with Crippen molar-refractivity contribution >= 4 is 40.1 Å². The molecule has 0 aliphatic carbocycles. The van der Waals surface area contributed by atoms with E-state index in [0.29, 0.717) is 40.6 Å². The van der Waals surface area contributed by atoms with Crippen LogP contribution in [0.25, 0.3) is 5.57 Å². The lowest BCUT2D eigenvalue weighted by atomic mass is 9.99. The quantitative estimate of drug-likeness (QED) is 0.612. The van der Waals surface area contributed by atoms with Gasteiger partial charge in [-0.25, -0.2) is 0 Å². The largest absolute Gasteiger partial charge is 0.492 e. The molecule has 0 aromatic heterocycles. The number of ether oxygens (including phenoxy) is 2. The van der Waals surface area contributed by atoms with Crippen LogP contribution in [0.1, 0.15) is 17.5 Å². The van der Waals surface area contributed by atoms with E-state index in [1.165, 1.54) is 0 Å². The van der Waals surface area contributed by atoms with Gasteiger partial charge in [-0.2, -0.15) is 13.2 Å². The Hall–Kier alpha value is -2.65. The van der Waals surface area contributed by atoms with E-state index in [2.05, 4.69) is 5.32 Å². The predicted octanol–water partition coefficient (Wildman–Crippen LogP) is 5.63. The highest BCUT2D eigenvalue weighted by Gasteiger charge is 2.32. The Labute approximate surface area is 171 Å². The highest BCUT2D eigenvalue weighted by Crippen LogP contribution is 2.43. The van der Waals surface area contributed by atoms with Gasteiger partial charge in [-0.1, -0.05) is 11.6 Å². The third-order valence-corrected chi connectivity index (χ3v) is 5.48. The number of hydrogen-bond acceptors (Lipinski definition) is 5. The summed E-state index contributed by atoms with van der Waals surface area (Å²) in [5.41, 5.74) is 0.468. The number of benzene rings is 2. The van der Waals surface area contributed by atoms with E-state index in [9.17, 15) is 22.8 Å². The van der Waals surface area contributed by atoms with Crippen LogP contribution in [-0.4, -0.2) is 17.8 Å². The molecule has 0 bridgehead atoms. The predicted molar refractivity (Wildman–Crippen MR) is 101 cm³/mol. The van der Waals surface area contributed by atoms with Crippen LogP contribution >= 0.6 is 23.4 Å². The zero-order valence-corrected chi connectivity index (χ0v) is 16.0. The molecule has 4 rings (SSSR count). The minimum absolute atomic E-state index is 0.0605. The Morgan fingerprint density at radius 2 is 1.93 bits per heavy atom. The molecule has 29 heavy (non-hydrogen) atoms. The lowest BCUT2D eigenvalue weighted by molar-refractivity contribution is -0.137. The number of hydrogen-bond donors (Lipinski definition) is 1. The summed E-state index contributed by atoms with van der Waals surface area (Å²) in [5.74, 6) is 0.355. The molecule has 150 valence electrons. The van der Waals surface area contributed by atoms with Crippen molar-refractivity contribution in [3.05, 3.63) is 57.5 Å². The van der Waals surface area contributed by atoms with Crippen molar-refractivity contribution in [2.45, 2.75) is 12.6 Å². The number of rotatable bonds is 2. The van der Waals surface area contributed by atoms with Crippen molar-refractivity contribution in [1.82, 2.24) is 5.32 Å². The first kappa shape index (κ1) is 19.7. The second-order valence-corrected chi connectivity index (χ2v) is 7.54. The number of amides is 2. The Balaban J connectivity index is 1.63. The number of thioether (sulfide) groups is 1. The molecule has 5 nitrogen and oxygen atoms in total. The Kier molecular flexibility index (Phi) is 4.95. The molecule has 2 heterocycles. The molecular formula is C19H11ClF3NO4S. The van der Waals surface area contributed by atoms with Gasteiger partial charge in [0.1, 0.15) is 17.2 Å². The summed E-state index contributed by atoms with van der Waals surface area (Å²) in [4.78, 5) is 23.8. The van der Waals surface area contributed by atoms with Gasteiger partial charge in [0.25, 0.3) is 11.1 Å². The van der Waals surface area contributed by atoms with Gasteiger partial charge in [0.15, 0.2) is 0 Å². The van der Waals surface area contributed by atoms with E-state index in [-0.39, 0.29) is 10.8 Å². The molecule has 0 radical (unpaired) electrons. The Morgan fingerprint density at radius 1 is 1.14 bits per heavy atom. The van der Waals surface area contributed by atoms with Crippen LogP contribution in [0, 0.1) is 0 Å². The van der Waals surface area contributed by atoms with Crippen LogP contribution in [0.2, 0.25) is 5.02 Å². The fraction of sp³-hybridized carbons (Fsp3) is 0.158. The number of halogens is 4. The van der Waals surface area contributed by atoms with Gasteiger partial charge in [-0.15, -0.1) is 0 Å². The molecule has 1 N–H and O–H groups in total. The van der Waals surface area contributed by atoms with Gasteiger partial charge < -0.3 is 9.47 Å². The van der Waals surface area contributed by atoms with Gasteiger partial charge in [0.2, 0.25) is 0 Å². The first-order chi connectivity index (χ1) is 13.7. The molecule has 2 aliphatic rings. The summed E-state index contributed by atoms with van der Waals surface area (Å²) in [7, 11) is 0. The third kappa shape index (κ3) is 3.92. The monoisotopic (exact) mass is 441 g/mol. The second kappa shape index (κ2) is 7.31. The van der Waals surface area contributed by atoms with Gasteiger partial charge in [0, 0.05) is 18.1 Å². The average Bonchev–Trinajstić information content (AvgIpc) is 3.00. The third-order valence-electron chi connectivity index (χ3n) is 4.27. The maximum absolute atomic E-state index is 12.8. The average molecular weight is 442 g/mol. The lowest BCUT2D eigenvalue weighted by Gasteiger charge is -2.22. The van der Waals surface area contributed by atoms with Gasteiger partial charge >= 0.3 is 6.18 Å². The van der Waals surface area contributed by atoms with Crippen LogP contribution < -0.4 is 14.8 Å². The maximum atomic E-state index is 12.8. The van der Waals surface area contributed by atoms with Gasteiger partial charge in [-0.3, -0.25) is 14.9 Å². The number of carbonyl (C=O) groups excluding carboxylic acids is 2. The first-order valence-corrected chi connectivity index (χ1v) is 9.50. The van der Waals surface area contributed by atoms with E-state index in [4.69, 9.17) is 21.1 Å². The Bertz CT molecular complexity index is 1070. The minimum atomic E-state index is -4.50. The molecule has 0 atom stereocenters. The van der Waals surface area contributed by atoms with E-state index < -0.39 is 22.9 Å². The highest BCUT2D eigenvalue weighted by atomic mass is 35.5. The lowest BCUT2D eigenvalue weighted by Crippen LogP contribution is -2.19. The summed E-state index contributed by atoms with van der Waals surface area (Å²) in [6.07, 6.45) is -4.04. The number of alkyl halides is 3. The number of carbonyl (C=O) groups is 2.